The highest BCUT2D eigenvalue weighted by atomic mass is 28.3. The standard InChI is InChI=1S/C56H68Si4/c1-57(2)37-49-27-19-45(20-28-49)15-16-46-21-31-51(32-22-46)39-59(5,6)43-55-13-10-14-56(36-55)44-60(7,8)40-52-33-25-48(26-34-52)18-17-47-23-29-50(30-24-47)38-58(3,4)42-54-12-9-11-53(35-54)41-57/h9-36H,37-44H2,1-8H3. The Morgan fingerprint density at radius 2 is 0.417 bits per heavy atom. The van der Waals surface area contributed by atoms with Gasteiger partial charge in [-0.2, -0.15) is 0 Å². The van der Waals surface area contributed by atoms with Crippen molar-refractivity contribution in [3.8, 4) is 0 Å². The van der Waals surface area contributed by atoms with Gasteiger partial charge in [0.05, 0.1) is 32.3 Å². The smallest absolute Gasteiger partial charge is 0.0561 e. The molecule has 6 aromatic rings. The molecule has 7 heterocycles. The summed E-state index contributed by atoms with van der Waals surface area (Å²) < 4.78 is 0. The van der Waals surface area contributed by atoms with Crippen LogP contribution >= 0.6 is 0 Å². The van der Waals surface area contributed by atoms with E-state index in [0.29, 0.717) is 0 Å². The van der Waals surface area contributed by atoms with Crippen LogP contribution < -0.4 is 0 Å². The predicted molar refractivity (Wildman–Crippen MR) is 276 cm³/mol. The maximum atomic E-state index is 2.56. The first-order valence-electron chi connectivity index (χ1n) is 22.4. The predicted octanol–water partition coefficient (Wildman–Crippen LogP) is 14.6. The van der Waals surface area contributed by atoms with Crippen molar-refractivity contribution < 1.29 is 0 Å². The third kappa shape index (κ3) is 13.3. The maximum absolute atomic E-state index is 2.56. The van der Waals surface area contributed by atoms with Crippen molar-refractivity contribution >= 4 is 56.6 Å². The van der Waals surface area contributed by atoms with Crippen molar-refractivity contribution in [2.24, 2.45) is 0 Å². The van der Waals surface area contributed by atoms with Crippen molar-refractivity contribution in [2.75, 3.05) is 0 Å². The fourth-order valence-corrected chi connectivity index (χ4v) is 20.9. The molecule has 0 N–H and O–H groups in total. The molecule has 13 rings (SSSR count). The van der Waals surface area contributed by atoms with Gasteiger partial charge in [-0.25, -0.2) is 0 Å². The van der Waals surface area contributed by atoms with Gasteiger partial charge in [0, 0.05) is 0 Å². The second-order valence-corrected chi connectivity index (χ2v) is 41.5. The van der Waals surface area contributed by atoms with Crippen molar-refractivity contribution in [1.82, 2.24) is 0 Å². The second-order valence-electron chi connectivity index (χ2n) is 21.3. The maximum Gasteiger partial charge on any atom is 0.0561 e. The highest BCUT2D eigenvalue weighted by molar-refractivity contribution is 6.77. The van der Waals surface area contributed by atoms with Crippen LogP contribution in [0.15, 0.2) is 146 Å². The van der Waals surface area contributed by atoms with Gasteiger partial charge in [-0.15, -0.1) is 0 Å². The molecule has 0 saturated carbocycles. The molecule has 7 aliphatic rings. The van der Waals surface area contributed by atoms with Crippen molar-refractivity contribution in [3.05, 3.63) is 212 Å². The number of hydrogen-bond donors (Lipinski definition) is 0. The summed E-state index contributed by atoms with van der Waals surface area (Å²) in [5, 5.41) is 0. The first-order valence-corrected chi connectivity index (χ1v) is 36.1. The van der Waals surface area contributed by atoms with Crippen LogP contribution in [0.25, 0.3) is 24.3 Å². The Morgan fingerprint density at radius 1 is 0.233 bits per heavy atom. The molecule has 0 aliphatic carbocycles. The lowest BCUT2D eigenvalue weighted by atomic mass is 10.1. The highest BCUT2D eigenvalue weighted by Gasteiger charge is 2.26. The SMILES string of the molecule is C[Si]1(C)Cc2ccc(cc2)C=Cc2ccc(cc2)C[Si](C)(C)Cc2cccc(c2)C[Si](C)(C)Cc2ccc(cc2)C=Cc2ccc(cc2)C[Si](C)(C)Cc2cccc(c2)C1. The lowest BCUT2D eigenvalue weighted by molar-refractivity contribution is 1.17. The monoisotopic (exact) mass is 852 g/mol. The summed E-state index contributed by atoms with van der Waals surface area (Å²) in [5.41, 5.74) is 17.0. The third-order valence-electron chi connectivity index (χ3n) is 12.3. The molecule has 0 saturated heterocycles. The van der Waals surface area contributed by atoms with E-state index in [9.17, 15) is 0 Å². The average molecular weight is 854 g/mol. The van der Waals surface area contributed by atoms with Gasteiger partial charge in [-0.3, -0.25) is 0 Å². The van der Waals surface area contributed by atoms with Gasteiger partial charge in [0.25, 0.3) is 0 Å². The Balaban J connectivity index is 1.10. The largest absolute Gasteiger partial charge is 0.0689 e. The lowest BCUT2D eigenvalue weighted by Gasteiger charge is -2.25. The minimum Gasteiger partial charge on any atom is -0.0689 e. The topological polar surface area (TPSA) is 0 Å². The van der Waals surface area contributed by atoms with E-state index in [1.54, 1.807) is 0 Å². The van der Waals surface area contributed by atoms with Crippen LogP contribution in [0.2, 0.25) is 52.4 Å². The zero-order chi connectivity index (χ0) is 42.4. The third-order valence-corrected chi connectivity index (χ3v) is 23.2. The Kier molecular flexibility index (Phi) is 13.7. The molecule has 7 aliphatic heterocycles. The van der Waals surface area contributed by atoms with Gasteiger partial charge in [0.1, 0.15) is 0 Å². The summed E-state index contributed by atoms with van der Waals surface area (Å²) in [7, 11) is -6.05. The first-order chi connectivity index (χ1) is 28.5. The summed E-state index contributed by atoms with van der Waals surface area (Å²) in [6, 6.07) is 66.2. The molecule has 0 spiro atoms. The van der Waals surface area contributed by atoms with Gasteiger partial charge in [0.2, 0.25) is 0 Å². The molecule has 0 amide bonds. The van der Waals surface area contributed by atoms with E-state index in [2.05, 4.69) is 222 Å². The number of hydrogen-bond acceptors (Lipinski definition) is 0. The zero-order valence-electron chi connectivity index (χ0n) is 37.8. The van der Waals surface area contributed by atoms with Gasteiger partial charge in [-0.1, -0.05) is 267 Å². The van der Waals surface area contributed by atoms with Crippen LogP contribution in [0.3, 0.4) is 0 Å². The van der Waals surface area contributed by atoms with Crippen LogP contribution in [-0.2, 0) is 48.4 Å². The zero-order valence-corrected chi connectivity index (χ0v) is 41.8. The van der Waals surface area contributed by atoms with Crippen molar-refractivity contribution in [3.63, 3.8) is 0 Å². The van der Waals surface area contributed by atoms with E-state index in [4.69, 9.17) is 0 Å². The normalized spacial score (nSPS) is 17.9. The molecular weight excluding hydrogens is 785 g/mol. The highest BCUT2D eigenvalue weighted by Crippen LogP contribution is 2.26. The van der Waals surface area contributed by atoms with Crippen molar-refractivity contribution in [1.29, 1.82) is 0 Å². The van der Waals surface area contributed by atoms with E-state index >= 15 is 0 Å². The van der Waals surface area contributed by atoms with Gasteiger partial charge in [-0.05, 0) is 70.6 Å². The van der Waals surface area contributed by atoms with E-state index in [1.165, 1.54) is 115 Å². The van der Waals surface area contributed by atoms with Crippen LogP contribution in [0.1, 0.15) is 66.8 Å². The Morgan fingerprint density at radius 3 is 0.617 bits per heavy atom. The molecule has 0 unspecified atom stereocenters. The van der Waals surface area contributed by atoms with Crippen LogP contribution in [-0.4, -0.2) is 32.3 Å². The Hall–Kier alpha value is -4.33. The molecule has 60 heavy (non-hydrogen) atoms. The summed E-state index contributed by atoms with van der Waals surface area (Å²) in [5.74, 6) is 0. The Bertz CT molecular complexity index is 2060. The summed E-state index contributed by atoms with van der Waals surface area (Å²) in [6.07, 6.45) is 9.08. The molecule has 0 aromatic heterocycles. The van der Waals surface area contributed by atoms with Crippen LogP contribution in [0.4, 0.5) is 0 Å². The molecule has 308 valence electrons. The average Bonchev–Trinajstić information content (AvgIpc) is 3.17. The van der Waals surface area contributed by atoms with E-state index in [1.807, 2.05) is 0 Å². The quantitative estimate of drug-likeness (QED) is 0.134. The second kappa shape index (κ2) is 18.7. The van der Waals surface area contributed by atoms with Gasteiger partial charge >= 0.3 is 0 Å². The van der Waals surface area contributed by atoms with E-state index in [0.717, 1.165) is 0 Å². The minimum absolute atomic E-state index is 1.20. The molecule has 0 nitrogen and oxygen atoms in total. The van der Waals surface area contributed by atoms with Crippen LogP contribution in [0, 0.1) is 0 Å². The molecule has 12 bridgehead atoms. The fraction of sp³-hybridized carbons (Fsp3) is 0.286. The number of rotatable bonds is 0. The molecule has 6 aromatic carbocycles. The van der Waals surface area contributed by atoms with Gasteiger partial charge in [0.15, 0.2) is 0 Å². The van der Waals surface area contributed by atoms with Crippen molar-refractivity contribution in [2.45, 2.75) is 101 Å². The fourth-order valence-electron chi connectivity index (χ4n) is 9.74. The molecule has 4 heteroatoms. The molecule has 0 radical (unpaired) electrons. The molecule has 0 fully saturated rings. The first kappa shape index (κ1) is 43.7. The molecule has 0 atom stereocenters. The summed E-state index contributed by atoms with van der Waals surface area (Å²) in [6.45, 7) is 20.5. The summed E-state index contributed by atoms with van der Waals surface area (Å²) >= 11 is 0. The van der Waals surface area contributed by atoms with Gasteiger partial charge < -0.3 is 0 Å². The van der Waals surface area contributed by atoms with E-state index < -0.39 is 32.3 Å². The Labute approximate surface area is 367 Å². The lowest BCUT2D eigenvalue weighted by Crippen LogP contribution is -2.34. The van der Waals surface area contributed by atoms with E-state index in [-0.39, 0.29) is 0 Å². The number of benzene rings is 6. The summed E-state index contributed by atoms with van der Waals surface area (Å²) in [4.78, 5) is 0. The van der Waals surface area contributed by atoms with Crippen LogP contribution in [0.5, 0.6) is 0 Å². The molecular formula is C56H68Si4. The minimum atomic E-state index is -1.51.